The maximum Gasteiger partial charge on any atom is 0.273 e. The van der Waals surface area contributed by atoms with Crippen molar-refractivity contribution in [2.24, 2.45) is 0 Å². The maximum atomic E-state index is 12.6. The molecule has 1 atom stereocenters. The van der Waals surface area contributed by atoms with Gasteiger partial charge < -0.3 is 14.8 Å². The fourth-order valence-electron chi connectivity index (χ4n) is 3.14. The van der Waals surface area contributed by atoms with Crippen LogP contribution >= 0.6 is 11.3 Å². The molecule has 0 aliphatic heterocycles. The highest BCUT2D eigenvalue weighted by atomic mass is 32.2. The smallest absolute Gasteiger partial charge is 0.273 e. The molecule has 0 spiro atoms. The van der Waals surface area contributed by atoms with E-state index in [2.05, 4.69) is 5.32 Å². The largest absolute Gasteiger partial charge is 0.496 e. The number of thiophene rings is 1. The van der Waals surface area contributed by atoms with Gasteiger partial charge in [0.15, 0.2) is 6.61 Å². The number of sulfonamides is 1. The first-order valence-corrected chi connectivity index (χ1v) is 12.2. The predicted octanol–water partition coefficient (Wildman–Crippen LogP) is 4.15. The number of rotatable bonds is 9. The van der Waals surface area contributed by atoms with Crippen molar-refractivity contribution in [1.82, 2.24) is 5.32 Å². The summed E-state index contributed by atoms with van der Waals surface area (Å²) in [5.74, 6) is 0.899. The molecule has 0 aliphatic rings. The molecule has 0 aliphatic carbocycles. The fourth-order valence-corrected chi connectivity index (χ4v) is 5.49. The molecular formula is C23H26N2O5S2. The maximum absolute atomic E-state index is 12.6. The Balaban J connectivity index is 1.58. The molecule has 1 heterocycles. The lowest BCUT2D eigenvalue weighted by molar-refractivity contribution is -0.123. The first-order valence-electron chi connectivity index (χ1n) is 9.91. The van der Waals surface area contributed by atoms with Crippen LogP contribution in [0.25, 0.3) is 0 Å². The summed E-state index contributed by atoms with van der Waals surface area (Å²) in [4.78, 5) is 12.4. The van der Waals surface area contributed by atoms with Gasteiger partial charge >= 0.3 is 0 Å². The van der Waals surface area contributed by atoms with Gasteiger partial charge in [-0.2, -0.15) is 0 Å². The summed E-state index contributed by atoms with van der Waals surface area (Å²) < 4.78 is 37.7. The molecule has 0 bridgehead atoms. The minimum Gasteiger partial charge on any atom is -0.496 e. The summed E-state index contributed by atoms with van der Waals surface area (Å²) in [6.07, 6.45) is 0. The highest BCUT2D eigenvalue weighted by Gasteiger charge is 2.22. The first-order chi connectivity index (χ1) is 15.2. The Morgan fingerprint density at radius 1 is 1.16 bits per heavy atom. The molecule has 9 heteroatoms. The third-order valence-electron chi connectivity index (χ3n) is 4.91. The molecule has 7 nitrogen and oxygen atoms in total. The number of methoxy groups -OCH3 is 1. The van der Waals surface area contributed by atoms with Gasteiger partial charge in [-0.05, 0) is 55.6 Å². The lowest BCUT2D eigenvalue weighted by Gasteiger charge is -2.19. The summed E-state index contributed by atoms with van der Waals surface area (Å²) in [5.41, 5.74) is 2.46. The van der Waals surface area contributed by atoms with Crippen molar-refractivity contribution in [3.8, 4) is 11.5 Å². The zero-order chi connectivity index (χ0) is 23.3. The Morgan fingerprint density at radius 2 is 1.88 bits per heavy atom. The van der Waals surface area contributed by atoms with Crippen LogP contribution in [0.5, 0.6) is 11.5 Å². The summed E-state index contributed by atoms with van der Waals surface area (Å²) in [5, 5.41) is 4.62. The summed E-state index contributed by atoms with van der Waals surface area (Å²) >= 11 is 1.17. The monoisotopic (exact) mass is 474 g/mol. The van der Waals surface area contributed by atoms with Crippen LogP contribution in [0.15, 0.2) is 64.2 Å². The van der Waals surface area contributed by atoms with Crippen molar-refractivity contribution in [2.75, 3.05) is 25.1 Å². The number of amides is 1. The van der Waals surface area contributed by atoms with Crippen molar-refractivity contribution in [3.63, 3.8) is 0 Å². The molecular weight excluding hydrogens is 448 g/mol. The van der Waals surface area contributed by atoms with E-state index < -0.39 is 10.0 Å². The molecule has 0 saturated carbocycles. The van der Waals surface area contributed by atoms with Gasteiger partial charge in [-0.1, -0.05) is 23.8 Å². The molecule has 0 fully saturated rings. The summed E-state index contributed by atoms with van der Waals surface area (Å²) in [6, 6.07) is 15.4. The van der Waals surface area contributed by atoms with E-state index in [1.54, 1.807) is 48.9 Å². The van der Waals surface area contributed by atoms with Crippen molar-refractivity contribution < 1.29 is 22.7 Å². The van der Waals surface area contributed by atoms with Crippen LogP contribution in [0.3, 0.4) is 0 Å². The number of nitrogens with one attached hydrogen (secondary N) is 1. The molecule has 1 N–H and O–H groups in total. The van der Waals surface area contributed by atoms with E-state index >= 15 is 0 Å². The number of carbonyl (C=O) groups is 1. The zero-order valence-electron chi connectivity index (χ0n) is 18.4. The van der Waals surface area contributed by atoms with E-state index in [0.717, 1.165) is 11.1 Å². The lowest BCUT2D eigenvalue weighted by atomic mass is 10.0. The van der Waals surface area contributed by atoms with Gasteiger partial charge in [0.25, 0.3) is 15.9 Å². The average molecular weight is 475 g/mol. The Morgan fingerprint density at radius 3 is 2.50 bits per heavy atom. The number of hydrogen-bond acceptors (Lipinski definition) is 6. The number of nitrogens with zero attached hydrogens (tertiary/aromatic N) is 1. The molecule has 1 aromatic heterocycles. The number of anilines is 1. The van der Waals surface area contributed by atoms with E-state index in [1.807, 2.05) is 32.0 Å². The number of hydrogen-bond donors (Lipinski definition) is 1. The Hall–Kier alpha value is -3.04. The van der Waals surface area contributed by atoms with Gasteiger partial charge in [-0.25, -0.2) is 8.42 Å². The highest BCUT2D eigenvalue weighted by Crippen LogP contribution is 2.27. The van der Waals surface area contributed by atoms with Gasteiger partial charge in [-0.3, -0.25) is 9.10 Å². The minimum atomic E-state index is -3.60. The van der Waals surface area contributed by atoms with E-state index in [1.165, 1.54) is 22.7 Å². The predicted molar refractivity (Wildman–Crippen MR) is 126 cm³/mol. The van der Waals surface area contributed by atoms with E-state index in [4.69, 9.17) is 9.47 Å². The molecule has 32 heavy (non-hydrogen) atoms. The second-order valence-corrected chi connectivity index (χ2v) is 10.4. The summed E-state index contributed by atoms with van der Waals surface area (Å²) in [7, 11) is -0.504. The van der Waals surface area contributed by atoms with E-state index in [0.29, 0.717) is 17.2 Å². The van der Waals surface area contributed by atoms with Crippen LogP contribution in [-0.2, 0) is 14.8 Å². The Labute approximate surface area is 192 Å². The van der Waals surface area contributed by atoms with Crippen LogP contribution in [0.1, 0.15) is 24.1 Å². The minimum absolute atomic E-state index is 0.166. The normalized spacial score (nSPS) is 12.1. The number of benzene rings is 2. The van der Waals surface area contributed by atoms with Crippen LogP contribution in [0.2, 0.25) is 0 Å². The van der Waals surface area contributed by atoms with Crippen LogP contribution in [0.4, 0.5) is 5.69 Å². The third-order valence-corrected chi connectivity index (χ3v) is 8.07. The molecule has 0 radical (unpaired) electrons. The second kappa shape index (κ2) is 10.1. The van der Waals surface area contributed by atoms with Gasteiger partial charge in [0.2, 0.25) is 0 Å². The number of carbonyl (C=O) groups excluding carboxylic acids is 1. The van der Waals surface area contributed by atoms with Crippen molar-refractivity contribution >= 4 is 33.0 Å². The van der Waals surface area contributed by atoms with Gasteiger partial charge in [-0.15, -0.1) is 11.3 Å². The first kappa shape index (κ1) is 23.6. The molecule has 1 unspecified atom stereocenters. The van der Waals surface area contributed by atoms with Crippen LogP contribution in [-0.4, -0.2) is 35.1 Å². The fraction of sp³-hybridized carbons (Fsp3) is 0.261. The van der Waals surface area contributed by atoms with Gasteiger partial charge in [0.1, 0.15) is 15.7 Å². The molecule has 1 amide bonds. The quantitative estimate of drug-likeness (QED) is 0.504. The third kappa shape index (κ3) is 5.41. The van der Waals surface area contributed by atoms with E-state index in [-0.39, 0.29) is 22.8 Å². The standard InChI is InChI=1S/C23H26N2O5S2/c1-16-7-12-21(29-4)20(14-16)17(2)24-22(26)15-30-19-10-8-18(9-11-19)25(3)32(27,28)23-6-5-13-31-23/h5-14,17H,15H2,1-4H3,(H,24,26). The van der Waals surface area contributed by atoms with Crippen LogP contribution in [0, 0.1) is 6.92 Å². The number of ether oxygens (including phenoxy) is 2. The van der Waals surface area contributed by atoms with Gasteiger partial charge in [0, 0.05) is 12.6 Å². The highest BCUT2D eigenvalue weighted by molar-refractivity contribution is 7.94. The SMILES string of the molecule is COc1ccc(C)cc1C(C)NC(=O)COc1ccc(N(C)S(=O)(=O)c2cccs2)cc1. The second-order valence-electron chi connectivity index (χ2n) is 7.22. The Kier molecular flexibility index (Phi) is 7.42. The Bertz CT molecular complexity index is 1160. The van der Waals surface area contributed by atoms with Gasteiger partial charge in [0.05, 0.1) is 18.8 Å². The average Bonchev–Trinajstić information content (AvgIpc) is 3.33. The van der Waals surface area contributed by atoms with E-state index in [9.17, 15) is 13.2 Å². The van der Waals surface area contributed by atoms with Crippen molar-refractivity contribution in [3.05, 3.63) is 71.1 Å². The molecule has 0 saturated heterocycles. The number of aryl methyl sites for hydroxylation is 1. The molecule has 3 aromatic rings. The molecule has 170 valence electrons. The van der Waals surface area contributed by atoms with Crippen molar-refractivity contribution in [2.45, 2.75) is 24.1 Å². The molecule has 2 aromatic carbocycles. The summed E-state index contributed by atoms with van der Waals surface area (Å²) in [6.45, 7) is 3.70. The zero-order valence-corrected chi connectivity index (χ0v) is 20.0. The lowest BCUT2D eigenvalue weighted by Crippen LogP contribution is -2.31. The van der Waals surface area contributed by atoms with Crippen LogP contribution < -0.4 is 19.1 Å². The van der Waals surface area contributed by atoms with Crippen molar-refractivity contribution in [1.29, 1.82) is 0 Å². The molecule has 3 rings (SSSR count). The topological polar surface area (TPSA) is 84.9 Å².